The van der Waals surface area contributed by atoms with Crippen molar-refractivity contribution in [1.29, 1.82) is 0 Å². The van der Waals surface area contributed by atoms with E-state index in [1.54, 1.807) is 12.1 Å². The average molecular weight is 362 g/mol. The Hall–Kier alpha value is -2.88. The third kappa shape index (κ3) is 3.69. The first-order valence-electron chi connectivity index (χ1n) is 8.09. The van der Waals surface area contributed by atoms with Gasteiger partial charge in [-0.2, -0.15) is 0 Å². The minimum absolute atomic E-state index is 0.0629. The number of hydrogen-bond acceptors (Lipinski definition) is 4. The molecule has 7 heteroatoms. The average Bonchev–Trinajstić information content (AvgIpc) is 3.19. The van der Waals surface area contributed by atoms with Gasteiger partial charge in [-0.15, -0.1) is 15.2 Å². The number of nitrogens with one attached hydrogen (secondary N) is 1. The second-order valence-electron chi connectivity index (χ2n) is 5.81. The van der Waals surface area contributed by atoms with Gasteiger partial charge in [0.2, 0.25) is 0 Å². The Labute approximate surface area is 149 Å². The van der Waals surface area contributed by atoms with Crippen LogP contribution in [0.5, 0.6) is 0 Å². The van der Waals surface area contributed by atoms with Crippen molar-refractivity contribution >= 4 is 5.84 Å². The second kappa shape index (κ2) is 7.16. The van der Waals surface area contributed by atoms with Crippen molar-refractivity contribution in [2.24, 2.45) is 4.99 Å². The lowest BCUT2D eigenvalue weighted by atomic mass is 9.97. The van der Waals surface area contributed by atoms with Crippen LogP contribution < -0.4 is 5.32 Å². The SMILES string of the molecule is C#C/C=C(/CCc1c(F)cccc1C1=NCCN1)C1=C(C)OC(F)(F)O1. The summed E-state index contributed by atoms with van der Waals surface area (Å²) < 4.78 is 49.9. The zero-order valence-corrected chi connectivity index (χ0v) is 14.1. The van der Waals surface area contributed by atoms with Crippen LogP contribution in [0.25, 0.3) is 0 Å². The van der Waals surface area contributed by atoms with Gasteiger partial charge >= 0.3 is 6.29 Å². The van der Waals surface area contributed by atoms with E-state index in [1.165, 1.54) is 19.1 Å². The molecule has 1 N–H and O–H groups in total. The molecule has 0 aromatic heterocycles. The molecule has 0 aliphatic carbocycles. The Morgan fingerprint density at radius 1 is 1.42 bits per heavy atom. The largest absolute Gasteiger partial charge is 0.585 e. The van der Waals surface area contributed by atoms with Gasteiger partial charge in [-0.05, 0) is 37.5 Å². The van der Waals surface area contributed by atoms with Crippen molar-refractivity contribution in [3.05, 3.63) is 58.3 Å². The molecule has 0 amide bonds. The van der Waals surface area contributed by atoms with Gasteiger partial charge in [0.05, 0.1) is 6.54 Å². The highest BCUT2D eigenvalue weighted by molar-refractivity contribution is 6.01. The van der Waals surface area contributed by atoms with Gasteiger partial charge in [-0.3, -0.25) is 4.99 Å². The van der Waals surface area contributed by atoms with Crippen LogP contribution in [0.1, 0.15) is 24.5 Å². The van der Waals surface area contributed by atoms with E-state index in [1.807, 2.05) is 0 Å². The molecule has 2 heterocycles. The molecule has 0 saturated heterocycles. The highest BCUT2D eigenvalue weighted by Gasteiger charge is 2.44. The van der Waals surface area contributed by atoms with Crippen LogP contribution in [0.15, 0.2) is 46.4 Å². The number of halogens is 3. The standard InChI is InChI=1S/C19H17F3N2O2/c1-3-5-13(17-12(2)25-19(21,22)26-17)8-9-14-15(6-4-7-16(14)20)18-23-10-11-24-18/h1,4-7H,8-11H2,2H3,(H,23,24)/b13-5-. The fourth-order valence-electron chi connectivity index (χ4n) is 2.95. The van der Waals surface area contributed by atoms with Crippen molar-refractivity contribution in [3.63, 3.8) is 0 Å². The lowest BCUT2D eigenvalue weighted by Gasteiger charge is -2.13. The molecule has 0 saturated carbocycles. The number of nitrogens with zero attached hydrogens (tertiary/aromatic N) is 1. The molecular weight excluding hydrogens is 345 g/mol. The molecule has 4 nitrogen and oxygen atoms in total. The Bertz CT molecular complexity index is 851. The molecule has 26 heavy (non-hydrogen) atoms. The van der Waals surface area contributed by atoms with Gasteiger partial charge in [-0.25, -0.2) is 4.39 Å². The van der Waals surface area contributed by atoms with Gasteiger partial charge in [0.1, 0.15) is 17.4 Å². The third-order valence-corrected chi connectivity index (χ3v) is 4.05. The molecule has 0 radical (unpaired) electrons. The van der Waals surface area contributed by atoms with E-state index in [0.717, 1.165) is 0 Å². The summed E-state index contributed by atoms with van der Waals surface area (Å²) in [6.45, 7) is 2.69. The smallest absolute Gasteiger partial charge is 0.400 e. The highest BCUT2D eigenvalue weighted by Crippen LogP contribution is 2.38. The quantitative estimate of drug-likeness (QED) is 0.816. The van der Waals surface area contributed by atoms with Gasteiger partial charge in [-0.1, -0.05) is 18.1 Å². The predicted octanol–water partition coefficient (Wildman–Crippen LogP) is 3.50. The number of terminal acetylenes is 1. The molecule has 1 aromatic carbocycles. The molecule has 136 valence electrons. The van der Waals surface area contributed by atoms with Crippen LogP contribution >= 0.6 is 0 Å². The molecule has 0 unspecified atom stereocenters. The van der Waals surface area contributed by atoms with E-state index in [9.17, 15) is 13.2 Å². The number of ether oxygens (including phenoxy) is 2. The maximum absolute atomic E-state index is 14.4. The topological polar surface area (TPSA) is 42.9 Å². The second-order valence-corrected chi connectivity index (χ2v) is 5.81. The number of aliphatic imine (C=N–C) groups is 1. The first-order chi connectivity index (χ1) is 12.4. The normalized spacial score (nSPS) is 18.7. The van der Waals surface area contributed by atoms with Gasteiger partial charge < -0.3 is 14.8 Å². The Morgan fingerprint density at radius 3 is 2.85 bits per heavy atom. The van der Waals surface area contributed by atoms with E-state index in [-0.39, 0.29) is 24.4 Å². The van der Waals surface area contributed by atoms with Crippen molar-refractivity contribution in [2.75, 3.05) is 13.1 Å². The van der Waals surface area contributed by atoms with Crippen LogP contribution in [0.3, 0.4) is 0 Å². The maximum Gasteiger partial charge on any atom is 0.585 e. The van der Waals surface area contributed by atoms with Crippen molar-refractivity contribution in [2.45, 2.75) is 26.1 Å². The number of benzene rings is 1. The lowest BCUT2D eigenvalue weighted by molar-refractivity contribution is -0.336. The third-order valence-electron chi connectivity index (χ3n) is 4.05. The van der Waals surface area contributed by atoms with Crippen molar-refractivity contribution in [1.82, 2.24) is 5.32 Å². The zero-order chi connectivity index (χ0) is 18.7. The minimum Gasteiger partial charge on any atom is -0.400 e. The summed E-state index contributed by atoms with van der Waals surface area (Å²) in [6, 6.07) is 4.73. The van der Waals surface area contributed by atoms with Gasteiger partial charge in [0.25, 0.3) is 0 Å². The fraction of sp³-hybridized carbons (Fsp3) is 0.316. The summed E-state index contributed by atoms with van der Waals surface area (Å²) in [5, 5.41) is 3.11. The van der Waals surface area contributed by atoms with Crippen LogP contribution in [0.4, 0.5) is 13.2 Å². The number of allylic oxidation sites excluding steroid dienone is 3. The Morgan fingerprint density at radius 2 is 2.23 bits per heavy atom. The summed E-state index contributed by atoms with van der Waals surface area (Å²) in [7, 11) is 0. The molecule has 0 spiro atoms. The number of hydrogen-bond donors (Lipinski definition) is 1. The summed E-state index contributed by atoms with van der Waals surface area (Å²) in [5.74, 6) is 2.37. The van der Waals surface area contributed by atoms with Crippen molar-refractivity contribution in [3.8, 4) is 12.3 Å². The molecule has 0 bridgehead atoms. The number of amidine groups is 1. The molecule has 0 atom stereocenters. The molecule has 1 aromatic rings. The minimum atomic E-state index is -3.72. The predicted molar refractivity (Wildman–Crippen MR) is 90.9 cm³/mol. The van der Waals surface area contributed by atoms with Gasteiger partial charge in [0.15, 0.2) is 5.76 Å². The van der Waals surface area contributed by atoms with E-state index >= 15 is 0 Å². The number of alkyl halides is 2. The molecule has 2 aliphatic heterocycles. The molecule has 0 fully saturated rings. The summed E-state index contributed by atoms with van der Waals surface area (Å²) in [4.78, 5) is 4.32. The summed E-state index contributed by atoms with van der Waals surface area (Å²) in [6.07, 6.45) is 3.35. The zero-order valence-electron chi connectivity index (χ0n) is 14.1. The van der Waals surface area contributed by atoms with E-state index in [0.29, 0.717) is 35.6 Å². The molecule has 2 aliphatic rings. The van der Waals surface area contributed by atoms with E-state index in [4.69, 9.17) is 6.42 Å². The maximum atomic E-state index is 14.4. The van der Waals surface area contributed by atoms with Crippen LogP contribution in [0.2, 0.25) is 0 Å². The van der Waals surface area contributed by atoms with E-state index < -0.39 is 12.1 Å². The van der Waals surface area contributed by atoms with Crippen molar-refractivity contribution < 1.29 is 22.6 Å². The van der Waals surface area contributed by atoms with Crippen LogP contribution in [0, 0.1) is 18.2 Å². The monoisotopic (exact) mass is 362 g/mol. The van der Waals surface area contributed by atoms with Gasteiger partial charge in [0, 0.05) is 17.7 Å². The Balaban J connectivity index is 1.85. The van der Waals surface area contributed by atoms with Crippen LogP contribution in [-0.4, -0.2) is 25.2 Å². The number of rotatable bonds is 5. The summed E-state index contributed by atoms with van der Waals surface area (Å²) in [5.41, 5.74) is 1.44. The van der Waals surface area contributed by atoms with E-state index in [2.05, 4.69) is 25.7 Å². The fourth-order valence-corrected chi connectivity index (χ4v) is 2.95. The first kappa shape index (κ1) is 17.9. The molecular formula is C19H17F3N2O2. The molecule has 3 rings (SSSR count). The first-order valence-corrected chi connectivity index (χ1v) is 8.09. The summed E-state index contributed by atoms with van der Waals surface area (Å²) >= 11 is 0. The van der Waals surface area contributed by atoms with Crippen LogP contribution in [-0.2, 0) is 15.9 Å². The lowest BCUT2D eigenvalue weighted by Crippen LogP contribution is -2.21. The Kier molecular flexibility index (Phi) is 4.94. The highest BCUT2D eigenvalue weighted by atomic mass is 19.3.